The molecule has 5 heteroatoms. The molecule has 3 aromatic carbocycles. The summed E-state index contributed by atoms with van der Waals surface area (Å²) in [6.45, 7) is 4.84. The van der Waals surface area contributed by atoms with Gasteiger partial charge in [0, 0.05) is 11.3 Å². The fraction of sp³-hybridized carbons (Fsp3) is 0.120. The van der Waals surface area contributed by atoms with Crippen LogP contribution in [0.5, 0.6) is 0 Å². The van der Waals surface area contributed by atoms with E-state index in [0.29, 0.717) is 17.9 Å². The number of aryl methyl sites for hydroxylation is 2. The van der Waals surface area contributed by atoms with E-state index < -0.39 is 0 Å². The van der Waals surface area contributed by atoms with Crippen molar-refractivity contribution in [1.82, 2.24) is 19.7 Å². The molecule has 0 aliphatic heterocycles. The third-order valence-electron chi connectivity index (χ3n) is 5.34. The number of nitrogens with one attached hydrogen (secondary N) is 1. The molecule has 0 fully saturated rings. The van der Waals surface area contributed by atoms with Crippen LogP contribution < -0.4 is 0 Å². The Bertz CT molecular complexity index is 1350. The molecule has 0 aliphatic rings. The smallest absolute Gasteiger partial charge is 0.159 e. The van der Waals surface area contributed by atoms with E-state index in [4.69, 9.17) is 5.10 Å². The molecular weight excluding hydrogens is 375 g/mol. The second kappa shape index (κ2) is 7.26. The summed E-state index contributed by atoms with van der Waals surface area (Å²) in [7, 11) is 0. The fourth-order valence-corrected chi connectivity index (χ4v) is 3.65. The highest BCUT2D eigenvalue weighted by Crippen LogP contribution is 2.27. The lowest BCUT2D eigenvalue weighted by atomic mass is 10.0. The van der Waals surface area contributed by atoms with Gasteiger partial charge in [-0.1, -0.05) is 54.1 Å². The Kier molecular flexibility index (Phi) is 4.43. The summed E-state index contributed by atoms with van der Waals surface area (Å²) < 4.78 is 16.1. The van der Waals surface area contributed by atoms with Crippen molar-refractivity contribution >= 4 is 11.0 Å². The molecule has 0 saturated heterocycles. The highest BCUT2D eigenvalue weighted by molar-refractivity contribution is 5.84. The Morgan fingerprint density at radius 1 is 0.933 bits per heavy atom. The molecule has 0 spiro atoms. The van der Waals surface area contributed by atoms with Crippen LogP contribution in [0.15, 0.2) is 72.8 Å². The summed E-state index contributed by atoms with van der Waals surface area (Å²) in [4.78, 5) is 8.03. The van der Waals surface area contributed by atoms with E-state index >= 15 is 0 Å². The van der Waals surface area contributed by atoms with E-state index in [1.165, 1.54) is 17.2 Å². The van der Waals surface area contributed by atoms with Crippen molar-refractivity contribution in [2.75, 3.05) is 0 Å². The summed E-state index contributed by atoms with van der Waals surface area (Å²) in [6.07, 6.45) is 0. The van der Waals surface area contributed by atoms with Gasteiger partial charge in [0.15, 0.2) is 5.82 Å². The van der Waals surface area contributed by atoms with E-state index in [2.05, 4.69) is 41.2 Å². The number of rotatable bonds is 4. The molecule has 5 rings (SSSR count). The van der Waals surface area contributed by atoms with Crippen molar-refractivity contribution in [2.24, 2.45) is 0 Å². The van der Waals surface area contributed by atoms with Crippen LogP contribution in [0.4, 0.5) is 4.39 Å². The number of H-pyrrole nitrogens is 1. The van der Waals surface area contributed by atoms with E-state index in [9.17, 15) is 4.39 Å². The predicted octanol–water partition coefficient (Wildman–Crippen LogP) is 5.90. The molecule has 4 nitrogen and oxygen atoms in total. The molecule has 1 N–H and O–H groups in total. The maximum Gasteiger partial charge on any atom is 0.159 e. The van der Waals surface area contributed by atoms with E-state index in [0.717, 1.165) is 28.0 Å². The van der Waals surface area contributed by atoms with Crippen LogP contribution in [0.1, 0.15) is 16.8 Å². The third-order valence-corrected chi connectivity index (χ3v) is 5.34. The van der Waals surface area contributed by atoms with Gasteiger partial charge in [-0.3, -0.25) is 4.68 Å². The standard InChI is InChI=1S/C25H21FN4/c1-16-7-9-18(10-8-16)15-30-17(2)13-24(29-30)25-27-22-12-11-19(14-23(22)28-25)20-5-3-4-6-21(20)26/h3-14H,15H2,1-2H3,(H,27,28). The van der Waals surface area contributed by atoms with Crippen LogP contribution in [0.25, 0.3) is 33.7 Å². The second-order valence-electron chi connectivity index (χ2n) is 7.61. The van der Waals surface area contributed by atoms with Crippen molar-refractivity contribution in [3.05, 3.63) is 95.4 Å². The van der Waals surface area contributed by atoms with Crippen LogP contribution >= 0.6 is 0 Å². The SMILES string of the molecule is Cc1ccc(Cn2nc(-c3nc4ccc(-c5ccccc5F)cc4[nH]3)cc2C)cc1. The monoisotopic (exact) mass is 396 g/mol. The molecular formula is C25H21FN4. The molecule has 2 aromatic heterocycles. The Morgan fingerprint density at radius 2 is 1.73 bits per heavy atom. The first-order valence-corrected chi connectivity index (χ1v) is 9.92. The highest BCUT2D eigenvalue weighted by Gasteiger charge is 2.13. The average molecular weight is 396 g/mol. The molecule has 0 atom stereocenters. The van der Waals surface area contributed by atoms with Crippen molar-refractivity contribution in [3.63, 3.8) is 0 Å². The Hall–Kier alpha value is -3.73. The van der Waals surface area contributed by atoms with E-state index in [-0.39, 0.29) is 5.82 Å². The number of aromatic amines is 1. The molecule has 0 aliphatic carbocycles. The van der Waals surface area contributed by atoms with E-state index in [1.807, 2.05) is 41.9 Å². The number of fused-ring (bicyclic) bond motifs is 1. The molecule has 2 heterocycles. The van der Waals surface area contributed by atoms with Crippen LogP contribution in [0.2, 0.25) is 0 Å². The first-order valence-electron chi connectivity index (χ1n) is 9.92. The molecule has 0 amide bonds. The Morgan fingerprint density at radius 3 is 2.53 bits per heavy atom. The summed E-state index contributed by atoms with van der Waals surface area (Å²) >= 11 is 0. The molecule has 148 valence electrons. The molecule has 30 heavy (non-hydrogen) atoms. The topological polar surface area (TPSA) is 46.5 Å². The predicted molar refractivity (Wildman–Crippen MR) is 118 cm³/mol. The largest absolute Gasteiger partial charge is 0.337 e. The number of imidazole rings is 1. The van der Waals surface area contributed by atoms with Crippen molar-refractivity contribution in [3.8, 4) is 22.6 Å². The quantitative estimate of drug-likeness (QED) is 0.411. The highest BCUT2D eigenvalue weighted by atomic mass is 19.1. The maximum atomic E-state index is 14.2. The van der Waals surface area contributed by atoms with Crippen LogP contribution in [0, 0.1) is 19.7 Å². The number of nitrogens with zero attached hydrogens (tertiary/aromatic N) is 3. The zero-order valence-electron chi connectivity index (χ0n) is 16.9. The van der Waals surface area contributed by atoms with Gasteiger partial charge in [-0.2, -0.15) is 5.10 Å². The minimum Gasteiger partial charge on any atom is -0.337 e. The number of hydrogen-bond acceptors (Lipinski definition) is 2. The van der Waals surface area contributed by atoms with Gasteiger partial charge in [0.1, 0.15) is 11.5 Å². The Labute approximate surface area is 174 Å². The lowest BCUT2D eigenvalue weighted by Gasteiger charge is -2.04. The van der Waals surface area contributed by atoms with Crippen molar-refractivity contribution in [1.29, 1.82) is 0 Å². The fourth-order valence-electron chi connectivity index (χ4n) is 3.65. The normalized spacial score (nSPS) is 11.3. The molecule has 0 radical (unpaired) electrons. The van der Waals surface area contributed by atoms with Crippen LogP contribution in [0.3, 0.4) is 0 Å². The van der Waals surface area contributed by atoms with Crippen LogP contribution in [-0.4, -0.2) is 19.7 Å². The van der Waals surface area contributed by atoms with Gasteiger partial charge in [-0.25, -0.2) is 9.37 Å². The first kappa shape index (κ1) is 18.3. The minimum absolute atomic E-state index is 0.234. The average Bonchev–Trinajstić information content (AvgIpc) is 3.33. The lowest BCUT2D eigenvalue weighted by Crippen LogP contribution is -2.03. The summed E-state index contributed by atoms with van der Waals surface area (Å²) in [5, 5.41) is 4.75. The molecule has 0 saturated carbocycles. The Balaban J connectivity index is 1.48. The summed E-state index contributed by atoms with van der Waals surface area (Å²) in [5.41, 5.74) is 7.39. The molecule has 0 bridgehead atoms. The first-order chi connectivity index (χ1) is 14.6. The van der Waals surface area contributed by atoms with Crippen molar-refractivity contribution < 1.29 is 4.39 Å². The number of halogens is 1. The minimum atomic E-state index is -0.234. The zero-order chi connectivity index (χ0) is 20.7. The van der Waals surface area contributed by atoms with Gasteiger partial charge in [-0.15, -0.1) is 0 Å². The second-order valence-corrected chi connectivity index (χ2v) is 7.61. The van der Waals surface area contributed by atoms with Crippen LogP contribution in [-0.2, 0) is 6.54 Å². The van der Waals surface area contributed by atoms with Gasteiger partial charge in [0.25, 0.3) is 0 Å². The lowest BCUT2D eigenvalue weighted by molar-refractivity contribution is 0.631. The van der Waals surface area contributed by atoms with Gasteiger partial charge >= 0.3 is 0 Å². The summed E-state index contributed by atoms with van der Waals surface area (Å²) in [6, 6.07) is 23.0. The maximum absolute atomic E-state index is 14.2. The third kappa shape index (κ3) is 3.39. The van der Waals surface area contributed by atoms with Gasteiger partial charge in [-0.05, 0) is 49.2 Å². The van der Waals surface area contributed by atoms with Gasteiger partial charge in [0.2, 0.25) is 0 Å². The molecule has 0 unspecified atom stereocenters. The zero-order valence-corrected chi connectivity index (χ0v) is 16.9. The number of benzene rings is 3. The molecule has 5 aromatic rings. The van der Waals surface area contributed by atoms with E-state index in [1.54, 1.807) is 12.1 Å². The summed E-state index contributed by atoms with van der Waals surface area (Å²) in [5.74, 6) is 0.475. The van der Waals surface area contributed by atoms with Crippen molar-refractivity contribution in [2.45, 2.75) is 20.4 Å². The van der Waals surface area contributed by atoms with Gasteiger partial charge < -0.3 is 4.98 Å². The number of aromatic nitrogens is 4. The number of hydrogen-bond donors (Lipinski definition) is 1. The van der Waals surface area contributed by atoms with Gasteiger partial charge in [0.05, 0.1) is 17.6 Å².